The van der Waals surface area contributed by atoms with Crippen molar-refractivity contribution in [3.8, 4) is 0 Å². The van der Waals surface area contributed by atoms with Crippen molar-refractivity contribution in [3.05, 3.63) is 72.2 Å². The summed E-state index contributed by atoms with van der Waals surface area (Å²) in [6.07, 6.45) is 7.69. The molecule has 4 rings (SSSR count). The van der Waals surface area contributed by atoms with Gasteiger partial charge in [0.2, 0.25) is 0 Å². The smallest absolute Gasteiger partial charge is 0.252 e. The highest BCUT2D eigenvalue weighted by Gasteiger charge is 2.20. The van der Waals surface area contributed by atoms with E-state index in [-0.39, 0.29) is 5.91 Å². The number of carbonyl (C=O) groups is 1. The van der Waals surface area contributed by atoms with Gasteiger partial charge < -0.3 is 9.72 Å². The molecule has 1 aliphatic heterocycles. The van der Waals surface area contributed by atoms with Gasteiger partial charge >= 0.3 is 0 Å². The second-order valence-electron chi connectivity index (χ2n) is 7.03. The number of nitrogens with zero attached hydrogens (tertiary/aromatic N) is 3. The van der Waals surface area contributed by atoms with Crippen LogP contribution in [-0.4, -0.2) is 39.8 Å². The first-order valence-electron chi connectivity index (χ1n) is 9.25. The van der Waals surface area contributed by atoms with Gasteiger partial charge in [-0.05, 0) is 49.5 Å². The summed E-state index contributed by atoms with van der Waals surface area (Å²) in [5.41, 5.74) is 2.90. The van der Waals surface area contributed by atoms with Crippen LogP contribution in [-0.2, 0) is 6.54 Å². The van der Waals surface area contributed by atoms with Gasteiger partial charge in [-0.3, -0.25) is 9.69 Å². The number of amides is 1. The normalized spacial score (nSPS) is 16.0. The van der Waals surface area contributed by atoms with Crippen molar-refractivity contribution in [2.75, 3.05) is 19.6 Å². The largest absolute Gasteiger partial charge is 0.352 e. The van der Waals surface area contributed by atoms with Gasteiger partial charge in [0.25, 0.3) is 5.91 Å². The number of fused-ring (bicyclic) bond motifs is 1. The second kappa shape index (κ2) is 7.70. The molecule has 0 spiro atoms. The fraction of sp³-hybridized carbons (Fsp3) is 0.333. The molecule has 5 heteroatoms. The van der Waals surface area contributed by atoms with E-state index in [2.05, 4.69) is 45.5 Å². The Morgan fingerprint density at radius 1 is 1.12 bits per heavy atom. The molecule has 1 aromatic carbocycles. The standard InChI is InChI=1S/C21H24N4O/c26-21(19-6-7-20-22-10-13-25(20)16-19)23-14-17-8-11-24(12-9-17)15-18-4-2-1-3-5-18/h1-7,10,13,16-17H,8-9,11-12,14-15H2,(H,23,26). The molecule has 1 amide bonds. The molecule has 3 heterocycles. The zero-order chi connectivity index (χ0) is 17.8. The predicted octanol–water partition coefficient (Wildman–Crippen LogP) is 2.98. The quantitative estimate of drug-likeness (QED) is 0.771. The van der Waals surface area contributed by atoms with E-state index in [1.807, 2.05) is 28.9 Å². The summed E-state index contributed by atoms with van der Waals surface area (Å²) in [4.78, 5) is 19.1. The Morgan fingerprint density at radius 2 is 1.92 bits per heavy atom. The van der Waals surface area contributed by atoms with Crippen LogP contribution in [0.25, 0.3) is 5.65 Å². The fourth-order valence-corrected chi connectivity index (χ4v) is 3.58. The lowest BCUT2D eigenvalue weighted by molar-refractivity contribution is 0.0935. The van der Waals surface area contributed by atoms with Crippen LogP contribution in [0.5, 0.6) is 0 Å². The van der Waals surface area contributed by atoms with Gasteiger partial charge in [0.05, 0.1) is 5.56 Å². The number of rotatable bonds is 5. The average molecular weight is 348 g/mol. The van der Waals surface area contributed by atoms with Crippen molar-refractivity contribution in [2.24, 2.45) is 5.92 Å². The second-order valence-corrected chi connectivity index (χ2v) is 7.03. The van der Waals surface area contributed by atoms with Crippen molar-refractivity contribution in [1.29, 1.82) is 0 Å². The van der Waals surface area contributed by atoms with Gasteiger partial charge in [0, 0.05) is 31.7 Å². The number of hydrogen-bond donors (Lipinski definition) is 1. The molecule has 0 aliphatic carbocycles. The molecule has 2 aromatic heterocycles. The van der Waals surface area contributed by atoms with Crippen LogP contribution in [0.3, 0.4) is 0 Å². The number of piperidine rings is 1. The molecule has 0 radical (unpaired) electrons. The monoisotopic (exact) mass is 348 g/mol. The van der Waals surface area contributed by atoms with Crippen LogP contribution >= 0.6 is 0 Å². The fourth-order valence-electron chi connectivity index (χ4n) is 3.58. The van der Waals surface area contributed by atoms with E-state index in [4.69, 9.17) is 0 Å². The molecule has 3 aromatic rings. The van der Waals surface area contributed by atoms with Gasteiger partial charge in [-0.1, -0.05) is 30.3 Å². The van der Waals surface area contributed by atoms with Gasteiger partial charge in [-0.15, -0.1) is 0 Å². The molecule has 1 N–H and O–H groups in total. The molecule has 1 aliphatic rings. The minimum atomic E-state index is -0.00712. The Hall–Kier alpha value is -2.66. The third-order valence-electron chi connectivity index (χ3n) is 5.16. The van der Waals surface area contributed by atoms with Crippen molar-refractivity contribution >= 4 is 11.6 Å². The first-order chi connectivity index (χ1) is 12.8. The third kappa shape index (κ3) is 3.94. The maximum atomic E-state index is 12.4. The summed E-state index contributed by atoms with van der Waals surface area (Å²) in [6.45, 7) is 3.96. The summed E-state index contributed by atoms with van der Waals surface area (Å²) in [7, 11) is 0. The summed E-state index contributed by atoms with van der Waals surface area (Å²) in [5.74, 6) is 0.551. The predicted molar refractivity (Wildman–Crippen MR) is 102 cm³/mol. The SMILES string of the molecule is O=C(NCC1CCN(Cc2ccccc2)CC1)c1ccc2nccn2c1. The molecule has 1 fully saturated rings. The minimum absolute atomic E-state index is 0.00712. The maximum absolute atomic E-state index is 12.4. The van der Waals surface area contributed by atoms with E-state index in [9.17, 15) is 4.79 Å². The summed E-state index contributed by atoms with van der Waals surface area (Å²) < 4.78 is 1.87. The lowest BCUT2D eigenvalue weighted by atomic mass is 9.96. The van der Waals surface area contributed by atoms with E-state index < -0.39 is 0 Å². The van der Waals surface area contributed by atoms with Crippen molar-refractivity contribution < 1.29 is 4.79 Å². The number of carbonyl (C=O) groups excluding carboxylic acids is 1. The molecule has 134 valence electrons. The number of imidazole rings is 1. The van der Waals surface area contributed by atoms with E-state index in [0.29, 0.717) is 11.5 Å². The van der Waals surface area contributed by atoms with Crippen LogP contribution in [0.1, 0.15) is 28.8 Å². The number of hydrogen-bond acceptors (Lipinski definition) is 3. The number of nitrogens with one attached hydrogen (secondary N) is 1. The number of likely N-dealkylation sites (tertiary alicyclic amines) is 1. The van der Waals surface area contributed by atoms with Gasteiger partial charge in [-0.2, -0.15) is 0 Å². The van der Waals surface area contributed by atoms with E-state index in [1.165, 1.54) is 5.56 Å². The molecule has 0 saturated carbocycles. The van der Waals surface area contributed by atoms with Crippen LogP contribution < -0.4 is 5.32 Å². The Labute approximate surface area is 153 Å². The van der Waals surface area contributed by atoms with Crippen LogP contribution in [0.2, 0.25) is 0 Å². The maximum Gasteiger partial charge on any atom is 0.252 e. The molecule has 26 heavy (non-hydrogen) atoms. The summed E-state index contributed by atoms with van der Waals surface area (Å²) >= 11 is 0. The molecular formula is C21H24N4O. The summed E-state index contributed by atoms with van der Waals surface area (Å²) in [6, 6.07) is 14.3. The van der Waals surface area contributed by atoms with Crippen LogP contribution in [0.4, 0.5) is 0 Å². The number of aromatic nitrogens is 2. The molecule has 0 atom stereocenters. The van der Waals surface area contributed by atoms with Crippen LogP contribution in [0.15, 0.2) is 61.1 Å². The number of benzene rings is 1. The van der Waals surface area contributed by atoms with Crippen LogP contribution in [0, 0.1) is 5.92 Å². The summed E-state index contributed by atoms with van der Waals surface area (Å²) in [5, 5.41) is 3.10. The van der Waals surface area contributed by atoms with Crippen molar-refractivity contribution in [1.82, 2.24) is 19.6 Å². The highest BCUT2D eigenvalue weighted by Crippen LogP contribution is 2.18. The van der Waals surface area contributed by atoms with Crippen molar-refractivity contribution in [3.63, 3.8) is 0 Å². The van der Waals surface area contributed by atoms with Crippen molar-refractivity contribution in [2.45, 2.75) is 19.4 Å². The lowest BCUT2D eigenvalue weighted by Crippen LogP contribution is -2.38. The highest BCUT2D eigenvalue weighted by atomic mass is 16.1. The zero-order valence-corrected chi connectivity index (χ0v) is 14.8. The van der Waals surface area contributed by atoms with E-state index in [1.54, 1.807) is 6.20 Å². The van der Waals surface area contributed by atoms with E-state index in [0.717, 1.165) is 44.7 Å². The molecule has 0 bridgehead atoms. The first-order valence-corrected chi connectivity index (χ1v) is 9.25. The molecular weight excluding hydrogens is 324 g/mol. The topological polar surface area (TPSA) is 49.6 Å². The Bertz CT molecular complexity index is 866. The minimum Gasteiger partial charge on any atom is -0.352 e. The Morgan fingerprint density at radius 3 is 2.73 bits per heavy atom. The average Bonchev–Trinajstić information content (AvgIpc) is 3.16. The molecule has 0 unspecified atom stereocenters. The van der Waals surface area contributed by atoms with Gasteiger partial charge in [0.1, 0.15) is 5.65 Å². The first kappa shape index (κ1) is 16.8. The molecule has 5 nitrogen and oxygen atoms in total. The lowest BCUT2D eigenvalue weighted by Gasteiger charge is -2.32. The highest BCUT2D eigenvalue weighted by molar-refractivity contribution is 5.94. The molecule has 1 saturated heterocycles. The third-order valence-corrected chi connectivity index (χ3v) is 5.16. The van der Waals surface area contributed by atoms with Gasteiger partial charge in [-0.25, -0.2) is 4.98 Å². The Balaban J connectivity index is 1.25. The van der Waals surface area contributed by atoms with Gasteiger partial charge in [0.15, 0.2) is 0 Å². The number of pyridine rings is 1. The zero-order valence-electron chi connectivity index (χ0n) is 14.8. The van der Waals surface area contributed by atoms with E-state index >= 15 is 0 Å². The Kier molecular flexibility index (Phi) is 4.97.